The average molecular weight is 245 g/mol. The van der Waals surface area contributed by atoms with Crippen LogP contribution < -0.4 is 5.32 Å². The van der Waals surface area contributed by atoms with E-state index in [2.05, 4.69) is 62.0 Å². The van der Waals surface area contributed by atoms with Gasteiger partial charge in [-0.3, -0.25) is 4.68 Å². The number of aromatic nitrogens is 2. The molecule has 0 fully saturated rings. The molecule has 2 rings (SSSR count). The molecule has 0 atom stereocenters. The SMILES string of the molecule is CC(C)Cn1nc(CNC(C)C)c2ccccc21. The van der Waals surface area contributed by atoms with Crippen LogP contribution in [-0.2, 0) is 13.1 Å². The van der Waals surface area contributed by atoms with E-state index in [0.29, 0.717) is 12.0 Å². The first-order valence-corrected chi connectivity index (χ1v) is 6.75. The molecule has 0 spiro atoms. The molecule has 0 bridgehead atoms. The molecule has 0 radical (unpaired) electrons. The molecular formula is C15H23N3. The van der Waals surface area contributed by atoms with Crippen LogP contribution in [0.3, 0.4) is 0 Å². The summed E-state index contributed by atoms with van der Waals surface area (Å²) in [6, 6.07) is 8.97. The van der Waals surface area contributed by atoms with Gasteiger partial charge < -0.3 is 5.32 Å². The molecule has 98 valence electrons. The summed E-state index contributed by atoms with van der Waals surface area (Å²) in [5.74, 6) is 0.610. The lowest BCUT2D eigenvalue weighted by atomic mass is 10.2. The van der Waals surface area contributed by atoms with Gasteiger partial charge in [0.25, 0.3) is 0 Å². The largest absolute Gasteiger partial charge is 0.309 e. The minimum Gasteiger partial charge on any atom is -0.309 e. The lowest BCUT2D eigenvalue weighted by molar-refractivity contribution is 0.486. The molecule has 3 heteroatoms. The highest BCUT2D eigenvalue weighted by atomic mass is 15.3. The van der Waals surface area contributed by atoms with Gasteiger partial charge in [0, 0.05) is 24.5 Å². The number of para-hydroxylation sites is 1. The third-order valence-electron chi connectivity index (χ3n) is 2.95. The topological polar surface area (TPSA) is 29.9 Å². The van der Waals surface area contributed by atoms with E-state index in [9.17, 15) is 0 Å². The Morgan fingerprint density at radius 3 is 2.56 bits per heavy atom. The first-order valence-electron chi connectivity index (χ1n) is 6.75. The Hall–Kier alpha value is -1.35. The van der Waals surface area contributed by atoms with Crippen LogP contribution in [0.25, 0.3) is 10.9 Å². The fourth-order valence-electron chi connectivity index (χ4n) is 2.11. The van der Waals surface area contributed by atoms with Gasteiger partial charge in [-0.05, 0) is 12.0 Å². The molecule has 0 unspecified atom stereocenters. The van der Waals surface area contributed by atoms with Gasteiger partial charge in [0.05, 0.1) is 11.2 Å². The van der Waals surface area contributed by atoms with Crippen molar-refractivity contribution in [2.24, 2.45) is 5.92 Å². The number of hydrogen-bond acceptors (Lipinski definition) is 2. The van der Waals surface area contributed by atoms with E-state index in [1.54, 1.807) is 0 Å². The highest BCUT2D eigenvalue weighted by molar-refractivity contribution is 5.81. The maximum Gasteiger partial charge on any atom is 0.0841 e. The molecule has 2 aromatic rings. The van der Waals surface area contributed by atoms with Crippen LogP contribution in [0, 0.1) is 5.92 Å². The van der Waals surface area contributed by atoms with Gasteiger partial charge in [0.1, 0.15) is 0 Å². The van der Waals surface area contributed by atoms with Crippen molar-refractivity contribution < 1.29 is 0 Å². The van der Waals surface area contributed by atoms with Crippen LogP contribution in [0.5, 0.6) is 0 Å². The summed E-state index contributed by atoms with van der Waals surface area (Å²) in [7, 11) is 0. The number of fused-ring (bicyclic) bond motifs is 1. The third kappa shape index (κ3) is 2.91. The Morgan fingerprint density at radius 2 is 1.89 bits per heavy atom. The van der Waals surface area contributed by atoms with Crippen LogP contribution in [0.2, 0.25) is 0 Å². The van der Waals surface area contributed by atoms with Crippen molar-refractivity contribution in [1.29, 1.82) is 0 Å². The summed E-state index contributed by atoms with van der Waals surface area (Å²) in [4.78, 5) is 0. The first kappa shape index (κ1) is 13.1. The zero-order valence-electron chi connectivity index (χ0n) is 11.8. The molecule has 0 aliphatic heterocycles. The fraction of sp³-hybridized carbons (Fsp3) is 0.533. The Bertz CT molecular complexity index is 511. The molecule has 0 saturated carbocycles. The van der Waals surface area contributed by atoms with E-state index >= 15 is 0 Å². The highest BCUT2D eigenvalue weighted by Gasteiger charge is 2.10. The molecule has 1 aromatic carbocycles. The van der Waals surface area contributed by atoms with Gasteiger partial charge in [-0.15, -0.1) is 0 Å². The summed E-state index contributed by atoms with van der Waals surface area (Å²) in [6.45, 7) is 10.6. The van der Waals surface area contributed by atoms with Crippen molar-refractivity contribution in [1.82, 2.24) is 15.1 Å². The van der Waals surface area contributed by atoms with Gasteiger partial charge in [0.2, 0.25) is 0 Å². The summed E-state index contributed by atoms with van der Waals surface area (Å²) in [6.07, 6.45) is 0. The maximum absolute atomic E-state index is 4.76. The molecule has 1 aromatic heterocycles. The molecule has 1 heterocycles. The number of nitrogens with one attached hydrogen (secondary N) is 1. The van der Waals surface area contributed by atoms with Crippen molar-refractivity contribution >= 4 is 10.9 Å². The second-order valence-electron chi connectivity index (χ2n) is 5.58. The van der Waals surface area contributed by atoms with E-state index < -0.39 is 0 Å². The molecule has 0 aliphatic carbocycles. The average Bonchev–Trinajstić information content (AvgIpc) is 2.65. The second-order valence-corrected chi connectivity index (χ2v) is 5.58. The summed E-state index contributed by atoms with van der Waals surface area (Å²) in [5.41, 5.74) is 2.40. The van der Waals surface area contributed by atoms with E-state index in [4.69, 9.17) is 5.10 Å². The van der Waals surface area contributed by atoms with Crippen molar-refractivity contribution in [2.75, 3.05) is 0 Å². The van der Waals surface area contributed by atoms with Gasteiger partial charge in [-0.25, -0.2) is 0 Å². The first-order chi connectivity index (χ1) is 8.58. The standard InChI is InChI=1S/C15H23N3/c1-11(2)10-18-15-8-6-5-7-13(15)14(17-18)9-16-12(3)4/h5-8,11-12,16H,9-10H2,1-4H3. The lowest BCUT2D eigenvalue weighted by Gasteiger charge is -2.06. The minimum atomic E-state index is 0.485. The molecule has 18 heavy (non-hydrogen) atoms. The number of rotatable bonds is 5. The van der Waals surface area contributed by atoms with Gasteiger partial charge in [0.15, 0.2) is 0 Å². The highest BCUT2D eigenvalue weighted by Crippen LogP contribution is 2.19. The normalized spacial score (nSPS) is 11.9. The fourth-order valence-corrected chi connectivity index (χ4v) is 2.11. The number of hydrogen-bond donors (Lipinski definition) is 1. The Kier molecular flexibility index (Phi) is 4.02. The van der Waals surface area contributed by atoms with Crippen molar-refractivity contribution in [2.45, 2.75) is 46.8 Å². The van der Waals surface area contributed by atoms with Gasteiger partial charge in [-0.1, -0.05) is 45.9 Å². The van der Waals surface area contributed by atoms with Gasteiger partial charge >= 0.3 is 0 Å². The van der Waals surface area contributed by atoms with Crippen molar-refractivity contribution in [3.63, 3.8) is 0 Å². The smallest absolute Gasteiger partial charge is 0.0841 e. The van der Waals surface area contributed by atoms with Crippen LogP contribution in [0.15, 0.2) is 24.3 Å². The van der Waals surface area contributed by atoms with Gasteiger partial charge in [-0.2, -0.15) is 5.10 Å². The molecule has 0 amide bonds. The predicted molar refractivity (Wildman–Crippen MR) is 76.5 cm³/mol. The lowest BCUT2D eigenvalue weighted by Crippen LogP contribution is -2.22. The van der Waals surface area contributed by atoms with E-state index in [1.807, 2.05) is 0 Å². The van der Waals surface area contributed by atoms with E-state index in [1.165, 1.54) is 10.9 Å². The molecule has 0 saturated heterocycles. The predicted octanol–water partition coefficient (Wildman–Crippen LogP) is 3.19. The van der Waals surface area contributed by atoms with Crippen molar-refractivity contribution in [3.05, 3.63) is 30.0 Å². The third-order valence-corrected chi connectivity index (χ3v) is 2.95. The van der Waals surface area contributed by atoms with Crippen LogP contribution >= 0.6 is 0 Å². The van der Waals surface area contributed by atoms with Crippen LogP contribution in [-0.4, -0.2) is 15.8 Å². The molecule has 1 N–H and O–H groups in total. The Balaban J connectivity index is 2.34. The second kappa shape index (κ2) is 5.53. The van der Waals surface area contributed by atoms with Crippen LogP contribution in [0.4, 0.5) is 0 Å². The van der Waals surface area contributed by atoms with E-state index in [-0.39, 0.29) is 0 Å². The monoisotopic (exact) mass is 245 g/mol. The molecule has 3 nitrogen and oxygen atoms in total. The number of benzene rings is 1. The zero-order valence-corrected chi connectivity index (χ0v) is 11.8. The maximum atomic E-state index is 4.76. The molecule has 0 aliphatic rings. The Morgan fingerprint density at radius 1 is 1.17 bits per heavy atom. The summed E-state index contributed by atoms with van der Waals surface area (Å²) in [5, 5.41) is 9.47. The summed E-state index contributed by atoms with van der Waals surface area (Å²) >= 11 is 0. The quantitative estimate of drug-likeness (QED) is 0.876. The molecular weight excluding hydrogens is 222 g/mol. The number of nitrogens with zero attached hydrogens (tertiary/aromatic N) is 2. The minimum absolute atomic E-state index is 0.485. The van der Waals surface area contributed by atoms with Crippen LogP contribution in [0.1, 0.15) is 33.4 Å². The Labute approximate surface area is 109 Å². The summed E-state index contributed by atoms with van der Waals surface area (Å²) < 4.78 is 2.14. The van der Waals surface area contributed by atoms with E-state index in [0.717, 1.165) is 18.8 Å². The zero-order chi connectivity index (χ0) is 13.1. The van der Waals surface area contributed by atoms with Crippen molar-refractivity contribution in [3.8, 4) is 0 Å².